The molecule has 34 heavy (non-hydrogen) atoms. The zero-order chi connectivity index (χ0) is 23.7. The standard InChI is InChI=1S/C24H17N5O3S2/c1-2-13-28-22(30)21(34-24(28)26-23-25-19-7-3-4-8-20(19)33-23)15-18-6-5-14-27(18)16-9-11-17(12-10-16)29(31)32/h2-12,14-15H,1,13H2/b21-15-,26-24+. The maximum absolute atomic E-state index is 13.2. The van der Waals surface area contributed by atoms with E-state index in [-0.39, 0.29) is 11.6 Å². The number of amides is 1. The van der Waals surface area contributed by atoms with Gasteiger partial charge >= 0.3 is 0 Å². The van der Waals surface area contributed by atoms with Crippen molar-refractivity contribution in [2.45, 2.75) is 0 Å². The van der Waals surface area contributed by atoms with Gasteiger partial charge in [-0.1, -0.05) is 29.5 Å². The number of benzene rings is 2. The summed E-state index contributed by atoms with van der Waals surface area (Å²) in [6.07, 6.45) is 5.30. The Balaban J connectivity index is 1.48. The molecule has 0 saturated carbocycles. The second-order valence-corrected chi connectivity index (χ2v) is 9.27. The van der Waals surface area contributed by atoms with Crippen molar-refractivity contribution >= 4 is 61.3 Å². The van der Waals surface area contributed by atoms with Crippen LogP contribution in [0.15, 0.2) is 89.4 Å². The minimum atomic E-state index is -0.434. The first kappa shape index (κ1) is 21.8. The highest BCUT2D eigenvalue weighted by Gasteiger charge is 2.33. The lowest BCUT2D eigenvalue weighted by Gasteiger charge is -2.11. The molecule has 1 aliphatic heterocycles. The van der Waals surface area contributed by atoms with Crippen LogP contribution in [0.1, 0.15) is 5.69 Å². The Hall–Kier alpha value is -4.02. The van der Waals surface area contributed by atoms with Crippen LogP contribution in [-0.4, -0.2) is 37.0 Å². The number of amidine groups is 1. The highest BCUT2D eigenvalue weighted by molar-refractivity contribution is 8.18. The molecule has 0 spiro atoms. The quantitative estimate of drug-likeness (QED) is 0.149. The zero-order valence-corrected chi connectivity index (χ0v) is 19.3. The fraction of sp³-hybridized carbons (Fsp3) is 0.0417. The van der Waals surface area contributed by atoms with Crippen LogP contribution in [0.2, 0.25) is 0 Å². The van der Waals surface area contributed by atoms with E-state index < -0.39 is 4.92 Å². The molecule has 4 aromatic rings. The van der Waals surface area contributed by atoms with Crippen molar-refractivity contribution in [3.8, 4) is 5.69 Å². The SMILES string of the molecule is C=CCN1C(=O)/C(=C/c2cccn2-c2ccc([N+](=O)[O-])cc2)S/C1=N/c1nc2ccccc2s1. The van der Waals surface area contributed by atoms with Crippen LogP contribution < -0.4 is 0 Å². The van der Waals surface area contributed by atoms with Gasteiger partial charge in [0.25, 0.3) is 11.6 Å². The summed E-state index contributed by atoms with van der Waals surface area (Å²) in [5.74, 6) is -0.166. The molecule has 0 atom stereocenters. The topological polar surface area (TPSA) is 93.6 Å². The number of carbonyl (C=O) groups excluding carboxylic acids is 1. The molecular formula is C24H17N5O3S2. The Morgan fingerprint density at radius 1 is 1.12 bits per heavy atom. The van der Waals surface area contributed by atoms with Crippen LogP contribution >= 0.6 is 23.1 Å². The first-order valence-corrected chi connectivity index (χ1v) is 11.9. The molecule has 2 aromatic heterocycles. The smallest absolute Gasteiger partial charge is 0.269 e. The van der Waals surface area contributed by atoms with Crippen molar-refractivity contribution < 1.29 is 9.72 Å². The third kappa shape index (κ3) is 4.16. The molecule has 0 unspecified atom stereocenters. The molecule has 10 heteroatoms. The number of non-ortho nitro benzene ring substituents is 1. The first-order chi connectivity index (χ1) is 16.5. The number of hydrogen-bond acceptors (Lipinski definition) is 7. The summed E-state index contributed by atoms with van der Waals surface area (Å²) in [6, 6.07) is 17.8. The number of hydrogen-bond donors (Lipinski definition) is 0. The highest BCUT2D eigenvalue weighted by atomic mass is 32.2. The predicted octanol–water partition coefficient (Wildman–Crippen LogP) is 5.79. The summed E-state index contributed by atoms with van der Waals surface area (Å²) in [6.45, 7) is 4.10. The van der Waals surface area contributed by atoms with Crippen molar-refractivity contribution in [1.29, 1.82) is 0 Å². The normalized spacial score (nSPS) is 16.1. The van der Waals surface area contributed by atoms with E-state index in [2.05, 4.69) is 16.6 Å². The van der Waals surface area contributed by atoms with Crippen molar-refractivity contribution in [3.05, 3.63) is 100 Å². The summed E-state index contributed by atoms with van der Waals surface area (Å²) < 4.78 is 2.90. The van der Waals surface area contributed by atoms with Crippen LogP contribution in [0.25, 0.3) is 22.0 Å². The average molecular weight is 488 g/mol. The van der Waals surface area contributed by atoms with E-state index in [4.69, 9.17) is 0 Å². The van der Waals surface area contributed by atoms with Crippen LogP contribution in [-0.2, 0) is 4.79 Å². The predicted molar refractivity (Wildman–Crippen MR) is 137 cm³/mol. The molecule has 1 fully saturated rings. The largest absolute Gasteiger partial charge is 0.317 e. The van der Waals surface area contributed by atoms with Gasteiger partial charge in [0.05, 0.1) is 20.0 Å². The summed E-state index contributed by atoms with van der Waals surface area (Å²) in [5.41, 5.74) is 2.41. The molecule has 0 aliphatic carbocycles. The number of thiazole rings is 1. The number of aromatic nitrogens is 2. The molecule has 0 N–H and O–H groups in total. The van der Waals surface area contributed by atoms with Gasteiger partial charge in [0, 0.05) is 36.3 Å². The Bertz CT molecular complexity index is 1450. The minimum absolute atomic E-state index is 0.0214. The van der Waals surface area contributed by atoms with E-state index in [0.717, 1.165) is 21.6 Å². The zero-order valence-electron chi connectivity index (χ0n) is 17.7. The van der Waals surface area contributed by atoms with Crippen LogP contribution in [0.4, 0.5) is 10.8 Å². The van der Waals surface area contributed by atoms with Crippen LogP contribution in [0, 0.1) is 10.1 Å². The lowest BCUT2D eigenvalue weighted by molar-refractivity contribution is -0.384. The summed E-state index contributed by atoms with van der Waals surface area (Å²) in [4.78, 5) is 35.0. The molecule has 1 amide bonds. The number of carbonyl (C=O) groups is 1. The van der Waals surface area contributed by atoms with E-state index in [1.54, 1.807) is 29.2 Å². The molecule has 0 bridgehead atoms. The fourth-order valence-corrected chi connectivity index (χ4v) is 5.36. The van der Waals surface area contributed by atoms with Crippen LogP contribution in [0.3, 0.4) is 0 Å². The van der Waals surface area contributed by atoms with Crippen molar-refractivity contribution in [3.63, 3.8) is 0 Å². The number of thioether (sulfide) groups is 1. The third-order valence-corrected chi connectivity index (χ3v) is 7.01. The second-order valence-electron chi connectivity index (χ2n) is 7.25. The van der Waals surface area contributed by atoms with Crippen molar-refractivity contribution in [2.24, 2.45) is 4.99 Å². The lowest BCUT2D eigenvalue weighted by atomic mass is 10.2. The van der Waals surface area contributed by atoms with Gasteiger partial charge in [-0.25, -0.2) is 4.98 Å². The van der Waals surface area contributed by atoms with Gasteiger partial charge < -0.3 is 4.57 Å². The van der Waals surface area contributed by atoms with E-state index in [1.165, 1.54) is 35.2 Å². The minimum Gasteiger partial charge on any atom is -0.317 e. The molecule has 1 aliphatic rings. The molecule has 5 rings (SSSR count). The molecule has 168 valence electrons. The maximum Gasteiger partial charge on any atom is 0.269 e. The molecule has 0 radical (unpaired) electrons. The van der Waals surface area contributed by atoms with Crippen molar-refractivity contribution in [2.75, 3.05) is 6.54 Å². The summed E-state index contributed by atoms with van der Waals surface area (Å²) in [7, 11) is 0. The van der Waals surface area contributed by atoms with Gasteiger partial charge in [-0.15, -0.1) is 6.58 Å². The number of nitrogens with zero attached hydrogens (tertiary/aromatic N) is 5. The maximum atomic E-state index is 13.2. The van der Waals surface area contributed by atoms with Gasteiger partial charge in [-0.3, -0.25) is 19.8 Å². The molecule has 1 saturated heterocycles. The molecular weight excluding hydrogens is 470 g/mol. The number of nitro benzene ring substituents is 1. The Morgan fingerprint density at radius 3 is 2.65 bits per heavy atom. The van der Waals surface area contributed by atoms with Gasteiger partial charge in [0.2, 0.25) is 5.13 Å². The lowest BCUT2D eigenvalue weighted by Crippen LogP contribution is -2.29. The first-order valence-electron chi connectivity index (χ1n) is 10.2. The molecule has 2 aromatic carbocycles. The Labute approximate surface area is 202 Å². The van der Waals surface area contributed by atoms with Crippen LogP contribution in [0.5, 0.6) is 0 Å². The van der Waals surface area contributed by atoms with E-state index in [0.29, 0.717) is 21.7 Å². The Kier molecular flexibility index (Phi) is 5.83. The van der Waals surface area contributed by atoms with Gasteiger partial charge in [-0.2, -0.15) is 4.99 Å². The fourth-order valence-electron chi connectivity index (χ4n) is 3.49. The number of rotatable bonds is 6. The number of nitro groups is 1. The number of para-hydroxylation sites is 1. The monoisotopic (exact) mass is 487 g/mol. The van der Waals surface area contributed by atoms with E-state index in [1.807, 2.05) is 47.2 Å². The summed E-state index contributed by atoms with van der Waals surface area (Å²) >= 11 is 2.75. The average Bonchev–Trinajstić information content (AvgIpc) is 3.54. The van der Waals surface area contributed by atoms with Gasteiger partial charge in [0.15, 0.2) is 5.17 Å². The number of aliphatic imine (C=N–C) groups is 1. The highest BCUT2D eigenvalue weighted by Crippen LogP contribution is 2.36. The van der Waals surface area contributed by atoms with Crippen molar-refractivity contribution in [1.82, 2.24) is 14.5 Å². The summed E-state index contributed by atoms with van der Waals surface area (Å²) in [5, 5.41) is 12.1. The molecule has 8 nitrogen and oxygen atoms in total. The van der Waals surface area contributed by atoms with Gasteiger partial charge in [-0.05, 0) is 54.2 Å². The van der Waals surface area contributed by atoms with E-state index in [9.17, 15) is 14.9 Å². The van der Waals surface area contributed by atoms with Gasteiger partial charge in [0.1, 0.15) is 0 Å². The van der Waals surface area contributed by atoms with E-state index >= 15 is 0 Å². The second kappa shape index (κ2) is 9.08. The third-order valence-electron chi connectivity index (χ3n) is 5.07. The molecule has 3 heterocycles. The number of fused-ring (bicyclic) bond motifs is 1. The Morgan fingerprint density at radius 2 is 1.91 bits per heavy atom.